The van der Waals surface area contributed by atoms with E-state index in [0.29, 0.717) is 21.4 Å². The number of carboxylic acid groups (broad SMARTS) is 1. The normalized spacial score (nSPS) is 10.7. The molecular formula is C11H7Cl3N2O2. The molecule has 0 unspecified atom stereocenters. The largest absolute Gasteiger partial charge is 0.478 e. The van der Waals surface area contributed by atoms with E-state index in [0.717, 1.165) is 0 Å². The molecule has 0 radical (unpaired) electrons. The van der Waals surface area contributed by atoms with E-state index in [-0.39, 0.29) is 10.7 Å². The van der Waals surface area contributed by atoms with E-state index in [1.165, 1.54) is 4.68 Å². The molecule has 0 aliphatic carbocycles. The summed E-state index contributed by atoms with van der Waals surface area (Å²) in [6.07, 6.45) is 0. The van der Waals surface area contributed by atoms with E-state index < -0.39 is 5.97 Å². The first-order chi connectivity index (χ1) is 8.41. The number of nitrogens with zero attached hydrogens (tertiary/aromatic N) is 2. The number of carboxylic acids is 1. The van der Waals surface area contributed by atoms with Crippen molar-refractivity contribution in [2.75, 3.05) is 0 Å². The van der Waals surface area contributed by atoms with Crippen LogP contribution in [0.15, 0.2) is 18.2 Å². The Balaban J connectivity index is 2.61. The highest BCUT2D eigenvalue weighted by Crippen LogP contribution is 2.28. The van der Waals surface area contributed by atoms with Crippen LogP contribution in [0.1, 0.15) is 16.1 Å². The summed E-state index contributed by atoms with van der Waals surface area (Å²) in [6.45, 7) is 1.57. The molecule has 1 aromatic carbocycles. The third kappa shape index (κ3) is 2.19. The van der Waals surface area contributed by atoms with Gasteiger partial charge in [-0.15, -0.1) is 0 Å². The predicted octanol–water partition coefficient (Wildman–Crippen LogP) is 3.84. The average Bonchev–Trinajstić information content (AvgIpc) is 2.58. The van der Waals surface area contributed by atoms with Gasteiger partial charge in [-0.05, 0) is 25.1 Å². The van der Waals surface area contributed by atoms with Gasteiger partial charge >= 0.3 is 5.97 Å². The van der Waals surface area contributed by atoms with Gasteiger partial charge in [-0.3, -0.25) is 0 Å². The maximum atomic E-state index is 11.0. The highest BCUT2D eigenvalue weighted by atomic mass is 35.5. The van der Waals surface area contributed by atoms with Gasteiger partial charge < -0.3 is 5.11 Å². The molecular weight excluding hydrogens is 298 g/mol. The summed E-state index contributed by atoms with van der Waals surface area (Å²) >= 11 is 17.7. The maximum Gasteiger partial charge on any atom is 0.340 e. The number of aromatic nitrogens is 2. The number of hydrogen-bond donors (Lipinski definition) is 1. The first-order valence-electron chi connectivity index (χ1n) is 4.85. The van der Waals surface area contributed by atoms with Gasteiger partial charge in [0.1, 0.15) is 10.7 Å². The quantitative estimate of drug-likeness (QED) is 0.917. The van der Waals surface area contributed by atoms with Gasteiger partial charge in [0.25, 0.3) is 0 Å². The predicted molar refractivity (Wildman–Crippen MR) is 70.3 cm³/mol. The second kappa shape index (κ2) is 4.80. The van der Waals surface area contributed by atoms with E-state index in [1.807, 2.05) is 0 Å². The molecule has 0 spiro atoms. The molecule has 1 N–H and O–H groups in total. The number of aromatic carboxylic acids is 1. The molecule has 0 bridgehead atoms. The van der Waals surface area contributed by atoms with Gasteiger partial charge in [0.2, 0.25) is 0 Å². The molecule has 0 aliphatic rings. The first kappa shape index (κ1) is 13.2. The fourth-order valence-electron chi connectivity index (χ4n) is 1.53. The van der Waals surface area contributed by atoms with Crippen molar-refractivity contribution in [2.24, 2.45) is 0 Å². The number of carbonyl (C=O) groups is 1. The monoisotopic (exact) mass is 304 g/mol. The molecule has 7 heteroatoms. The Morgan fingerprint density at radius 3 is 2.44 bits per heavy atom. The molecule has 0 fully saturated rings. The Morgan fingerprint density at radius 2 is 1.94 bits per heavy atom. The molecule has 0 aliphatic heterocycles. The molecule has 0 amide bonds. The number of halogens is 3. The lowest BCUT2D eigenvalue weighted by Gasteiger charge is -2.04. The molecule has 0 atom stereocenters. The van der Waals surface area contributed by atoms with E-state index >= 15 is 0 Å². The average molecular weight is 306 g/mol. The second-order valence-corrected chi connectivity index (χ2v) is 4.74. The Labute approximate surface area is 118 Å². The minimum atomic E-state index is -1.12. The summed E-state index contributed by atoms with van der Waals surface area (Å²) in [7, 11) is 0. The Bertz CT molecular complexity index is 637. The van der Waals surface area contributed by atoms with Crippen molar-refractivity contribution in [3.05, 3.63) is 44.7 Å². The number of rotatable bonds is 2. The van der Waals surface area contributed by atoms with Crippen LogP contribution in [0.25, 0.3) is 5.69 Å². The third-order valence-electron chi connectivity index (χ3n) is 2.37. The molecule has 0 saturated heterocycles. The topological polar surface area (TPSA) is 55.1 Å². The summed E-state index contributed by atoms with van der Waals surface area (Å²) < 4.78 is 1.31. The van der Waals surface area contributed by atoms with Crippen LogP contribution < -0.4 is 0 Å². The highest BCUT2D eigenvalue weighted by Gasteiger charge is 2.20. The zero-order valence-corrected chi connectivity index (χ0v) is 11.4. The van der Waals surface area contributed by atoms with Gasteiger partial charge in [-0.25, -0.2) is 9.48 Å². The van der Waals surface area contributed by atoms with Crippen molar-refractivity contribution in [3.8, 4) is 5.69 Å². The van der Waals surface area contributed by atoms with E-state index in [9.17, 15) is 4.79 Å². The standard InChI is InChI=1S/C11H7Cl3N2O2/c1-5-9(11(17)18)10(14)16(15-5)6-2-3-7(12)8(13)4-6/h2-4H,1H3,(H,17,18). The zero-order chi connectivity index (χ0) is 13.4. The van der Waals surface area contributed by atoms with Crippen LogP contribution in [-0.2, 0) is 0 Å². The Morgan fingerprint density at radius 1 is 1.28 bits per heavy atom. The molecule has 1 aromatic heterocycles. The minimum absolute atomic E-state index is 0.0252. The zero-order valence-electron chi connectivity index (χ0n) is 9.12. The summed E-state index contributed by atoms with van der Waals surface area (Å²) in [5.41, 5.74) is 0.853. The van der Waals surface area contributed by atoms with Crippen LogP contribution in [-0.4, -0.2) is 20.9 Å². The lowest BCUT2D eigenvalue weighted by atomic mass is 10.3. The van der Waals surface area contributed by atoms with Gasteiger partial charge in [0, 0.05) is 0 Å². The summed E-state index contributed by atoms with van der Waals surface area (Å²) in [5.74, 6) is -1.12. The summed E-state index contributed by atoms with van der Waals surface area (Å²) in [5, 5.41) is 13.9. The summed E-state index contributed by atoms with van der Waals surface area (Å²) in [6, 6.07) is 4.80. The van der Waals surface area contributed by atoms with Crippen LogP contribution >= 0.6 is 34.8 Å². The first-order valence-corrected chi connectivity index (χ1v) is 5.99. The van der Waals surface area contributed by atoms with Gasteiger partial charge in [0.15, 0.2) is 0 Å². The fraction of sp³-hybridized carbons (Fsp3) is 0.0909. The van der Waals surface area contributed by atoms with Crippen LogP contribution in [0.4, 0.5) is 0 Å². The molecule has 1 heterocycles. The second-order valence-electron chi connectivity index (χ2n) is 3.57. The minimum Gasteiger partial charge on any atom is -0.478 e. The molecule has 0 saturated carbocycles. The highest BCUT2D eigenvalue weighted by molar-refractivity contribution is 6.42. The fourth-order valence-corrected chi connectivity index (χ4v) is 2.18. The third-order valence-corrected chi connectivity index (χ3v) is 3.45. The van der Waals surface area contributed by atoms with Crippen LogP contribution in [0.5, 0.6) is 0 Å². The Hall–Kier alpha value is -1.23. The Kier molecular flexibility index (Phi) is 3.52. The van der Waals surface area contributed by atoms with Crippen LogP contribution in [0, 0.1) is 6.92 Å². The molecule has 2 aromatic rings. The van der Waals surface area contributed by atoms with E-state index in [4.69, 9.17) is 39.9 Å². The van der Waals surface area contributed by atoms with Gasteiger partial charge in [-0.2, -0.15) is 5.10 Å². The molecule has 2 rings (SSSR count). The van der Waals surface area contributed by atoms with Crippen molar-refractivity contribution in [1.29, 1.82) is 0 Å². The smallest absolute Gasteiger partial charge is 0.340 e. The number of benzene rings is 1. The van der Waals surface area contributed by atoms with Crippen molar-refractivity contribution in [3.63, 3.8) is 0 Å². The lowest BCUT2D eigenvalue weighted by Crippen LogP contribution is -1.99. The molecule has 18 heavy (non-hydrogen) atoms. The number of aryl methyl sites for hydroxylation is 1. The van der Waals surface area contributed by atoms with E-state index in [2.05, 4.69) is 5.10 Å². The van der Waals surface area contributed by atoms with Gasteiger partial charge in [-0.1, -0.05) is 34.8 Å². The molecule has 94 valence electrons. The van der Waals surface area contributed by atoms with Crippen LogP contribution in [0.2, 0.25) is 15.2 Å². The van der Waals surface area contributed by atoms with E-state index in [1.54, 1.807) is 25.1 Å². The van der Waals surface area contributed by atoms with Gasteiger partial charge in [0.05, 0.1) is 21.4 Å². The lowest BCUT2D eigenvalue weighted by molar-refractivity contribution is 0.0696. The van der Waals surface area contributed by atoms with Crippen molar-refractivity contribution >= 4 is 40.8 Å². The summed E-state index contributed by atoms with van der Waals surface area (Å²) in [4.78, 5) is 11.0. The van der Waals surface area contributed by atoms with Crippen molar-refractivity contribution < 1.29 is 9.90 Å². The van der Waals surface area contributed by atoms with Crippen molar-refractivity contribution in [2.45, 2.75) is 6.92 Å². The molecule has 4 nitrogen and oxygen atoms in total. The van der Waals surface area contributed by atoms with Crippen molar-refractivity contribution in [1.82, 2.24) is 9.78 Å². The SMILES string of the molecule is Cc1nn(-c2ccc(Cl)c(Cl)c2)c(Cl)c1C(=O)O. The number of hydrogen-bond acceptors (Lipinski definition) is 2. The maximum absolute atomic E-state index is 11.0. The van der Waals surface area contributed by atoms with Crippen LogP contribution in [0.3, 0.4) is 0 Å².